The molecule has 1 heterocycles. The number of hydrogen-bond donors (Lipinski definition) is 1. The average molecular weight is 501 g/mol. The van der Waals surface area contributed by atoms with Gasteiger partial charge in [0.25, 0.3) is 0 Å². The number of likely N-dealkylation sites (tertiary alicyclic amines) is 1. The lowest BCUT2D eigenvalue weighted by Gasteiger charge is -2.30. The van der Waals surface area contributed by atoms with Gasteiger partial charge in [-0.1, -0.05) is 30.3 Å². The molecule has 4 nitrogen and oxygen atoms in total. The Morgan fingerprint density at radius 2 is 1.46 bits per heavy atom. The quantitative estimate of drug-likeness (QED) is 0.358. The van der Waals surface area contributed by atoms with E-state index in [-0.39, 0.29) is 6.61 Å². The van der Waals surface area contributed by atoms with Crippen LogP contribution in [0.1, 0.15) is 35.1 Å². The SMILES string of the molecule is O=C(O)C1CCCN(CCOCC=C(c2ccc(C(F)(F)F)cc2)c2ccc(C(F)(F)F)cc2)C1. The number of piperidine rings is 1. The molecule has 0 radical (unpaired) electrons. The van der Waals surface area contributed by atoms with Crippen molar-refractivity contribution in [1.29, 1.82) is 0 Å². The van der Waals surface area contributed by atoms with Crippen molar-refractivity contribution in [1.82, 2.24) is 4.90 Å². The first-order valence-electron chi connectivity index (χ1n) is 11.0. The van der Waals surface area contributed by atoms with Crippen LogP contribution in [-0.2, 0) is 21.9 Å². The zero-order valence-corrected chi connectivity index (χ0v) is 18.7. The fourth-order valence-electron chi connectivity index (χ4n) is 3.96. The van der Waals surface area contributed by atoms with Crippen LogP contribution in [0.15, 0.2) is 54.6 Å². The third-order valence-corrected chi connectivity index (χ3v) is 5.86. The van der Waals surface area contributed by atoms with E-state index in [0.29, 0.717) is 42.8 Å². The zero-order valence-electron chi connectivity index (χ0n) is 18.7. The minimum absolute atomic E-state index is 0.0770. The Morgan fingerprint density at radius 1 is 0.943 bits per heavy atom. The van der Waals surface area contributed by atoms with Crippen LogP contribution in [0.5, 0.6) is 0 Å². The van der Waals surface area contributed by atoms with Crippen molar-refractivity contribution in [2.45, 2.75) is 25.2 Å². The molecule has 35 heavy (non-hydrogen) atoms. The molecule has 0 spiro atoms. The van der Waals surface area contributed by atoms with Crippen molar-refractivity contribution in [3.05, 3.63) is 76.9 Å². The minimum atomic E-state index is -4.51. The van der Waals surface area contributed by atoms with Crippen molar-refractivity contribution >= 4 is 11.5 Å². The van der Waals surface area contributed by atoms with Gasteiger partial charge in [0.05, 0.1) is 30.3 Å². The molecular formula is C25H25F6NO3. The molecule has 10 heteroatoms. The highest BCUT2D eigenvalue weighted by Gasteiger charge is 2.31. The van der Waals surface area contributed by atoms with Crippen LogP contribution in [-0.4, -0.2) is 48.8 Å². The van der Waals surface area contributed by atoms with E-state index >= 15 is 0 Å². The molecule has 1 N–H and O–H groups in total. The van der Waals surface area contributed by atoms with Gasteiger partial charge in [0.1, 0.15) is 0 Å². The summed E-state index contributed by atoms with van der Waals surface area (Å²) >= 11 is 0. The summed E-state index contributed by atoms with van der Waals surface area (Å²) in [5, 5.41) is 9.18. The number of carbonyl (C=O) groups is 1. The molecule has 1 unspecified atom stereocenters. The van der Waals surface area contributed by atoms with Crippen molar-refractivity contribution < 1.29 is 41.0 Å². The number of aliphatic carboxylic acids is 1. The normalized spacial score (nSPS) is 17.3. The van der Waals surface area contributed by atoms with Crippen LogP contribution in [0.3, 0.4) is 0 Å². The molecule has 190 valence electrons. The van der Waals surface area contributed by atoms with Gasteiger partial charge >= 0.3 is 18.3 Å². The van der Waals surface area contributed by atoms with E-state index in [0.717, 1.165) is 37.2 Å². The molecule has 3 rings (SSSR count). The monoisotopic (exact) mass is 501 g/mol. The van der Waals surface area contributed by atoms with Crippen molar-refractivity contribution in [2.75, 3.05) is 32.8 Å². The Balaban J connectivity index is 1.71. The van der Waals surface area contributed by atoms with E-state index in [1.54, 1.807) is 6.08 Å². The molecule has 0 aliphatic carbocycles. The molecule has 2 aromatic carbocycles. The first-order chi connectivity index (χ1) is 16.4. The topological polar surface area (TPSA) is 49.8 Å². The Hall–Kier alpha value is -2.85. The first-order valence-corrected chi connectivity index (χ1v) is 11.0. The van der Waals surface area contributed by atoms with Gasteiger partial charge in [0.2, 0.25) is 0 Å². The Kier molecular flexibility index (Phi) is 8.60. The number of carboxylic acids is 1. The van der Waals surface area contributed by atoms with E-state index < -0.39 is 35.4 Å². The molecule has 2 aromatic rings. The van der Waals surface area contributed by atoms with Crippen LogP contribution in [0, 0.1) is 5.92 Å². The first kappa shape index (κ1) is 26.7. The standard InChI is InChI=1S/C25H25F6NO3/c26-24(27,28)20-7-3-17(4-8-20)22(18-5-9-21(10-6-18)25(29,30)31)11-14-35-15-13-32-12-1-2-19(16-32)23(33)34/h3-11,19H,1-2,12-16H2,(H,33,34). The van der Waals surface area contributed by atoms with Crippen LogP contribution >= 0.6 is 0 Å². The van der Waals surface area contributed by atoms with E-state index in [1.807, 2.05) is 4.90 Å². The van der Waals surface area contributed by atoms with Gasteiger partial charge < -0.3 is 14.7 Å². The molecule has 1 atom stereocenters. The number of rotatable bonds is 8. The summed E-state index contributed by atoms with van der Waals surface area (Å²) < 4.78 is 83.2. The predicted molar refractivity (Wildman–Crippen MR) is 118 cm³/mol. The molecule has 1 aliphatic heterocycles. The number of nitrogens with zero attached hydrogens (tertiary/aromatic N) is 1. The largest absolute Gasteiger partial charge is 0.481 e. The lowest BCUT2D eigenvalue weighted by Crippen LogP contribution is -2.40. The smallest absolute Gasteiger partial charge is 0.416 e. The van der Waals surface area contributed by atoms with Gasteiger partial charge in [0, 0.05) is 13.1 Å². The Morgan fingerprint density at radius 3 is 1.91 bits per heavy atom. The van der Waals surface area contributed by atoms with Gasteiger partial charge in [0.15, 0.2) is 0 Å². The van der Waals surface area contributed by atoms with E-state index in [2.05, 4.69) is 0 Å². The van der Waals surface area contributed by atoms with Crippen LogP contribution in [0.2, 0.25) is 0 Å². The number of carboxylic acid groups (broad SMARTS) is 1. The summed E-state index contributed by atoms with van der Waals surface area (Å²) in [6.07, 6.45) is -5.98. The van der Waals surface area contributed by atoms with Crippen molar-refractivity contribution in [3.63, 3.8) is 0 Å². The highest BCUT2D eigenvalue weighted by Crippen LogP contribution is 2.33. The van der Waals surface area contributed by atoms with Gasteiger partial charge in [-0.05, 0) is 60.4 Å². The van der Waals surface area contributed by atoms with Gasteiger partial charge in [-0.3, -0.25) is 4.79 Å². The average Bonchev–Trinajstić information content (AvgIpc) is 2.81. The maximum atomic E-state index is 12.9. The maximum absolute atomic E-state index is 12.9. The summed E-state index contributed by atoms with van der Waals surface area (Å²) in [7, 11) is 0. The second kappa shape index (κ2) is 11.3. The summed E-state index contributed by atoms with van der Waals surface area (Å²) in [5.74, 6) is -1.23. The lowest BCUT2D eigenvalue weighted by atomic mass is 9.95. The number of benzene rings is 2. The lowest BCUT2D eigenvalue weighted by molar-refractivity contribution is -0.143. The van der Waals surface area contributed by atoms with E-state index in [4.69, 9.17) is 4.74 Å². The van der Waals surface area contributed by atoms with Crippen molar-refractivity contribution in [3.8, 4) is 0 Å². The molecule has 0 saturated carbocycles. The third-order valence-electron chi connectivity index (χ3n) is 5.86. The molecule has 0 aromatic heterocycles. The van der Waals surface area contributed by atoms with E-state index in [1.165, 1.54) is 24.3 Å². The third kappa shape index (κ3) is 7.57. The summed E-state index contributed by atoms with van der Waals surface area (Å²) in [6.45, 7) is 2.11. The molecule has 0 bridgehead atoms. The molecular weight excluding hydrogens is 476 g/mol. The minimum Gasteiger partial charge on any atom is -0.481 e. The van der Waals surface area contributed by atoms with Gasteiger partial charge in [-0.15, -0.1) is 0 Å². The highest BCUT2D eigenvalue weighted by molar-refractivity contribution is 5.80. The van der Waals surface area contributed by atoms with E-state index in [9.17, 15) is 36.2 Å². The van der Waals surface area contributed by atoms with Gasteiger partial charge in [-0.2, -0.15) is 26.3 Å². The van der Waals surface area contributed by atoms with Gasteiger partial charge in [-0.25, -0.2) is 0 Å². The Bertz CT molecular complexity index is 954. The number of hydrogen-bond acceptors (Lipinski definition) is 3. The molecule has 0 amide bonds. The predicted octanol–water partition coefficient (Wildman–Crippen LogP) is 5.97. The molecule has 1 aliphatic rings. The fraction of sp³-hybridized carbons (Fsp3) is 0.400. The van der Waals surface area contributed by atoms with Crippen LogP contribution in [0.4, 0.5) is 26.3 Å². The number of ether oxygens (including phenoxy) is 1. The molecule has 1 saturated heterocycles. The Labute approximate surface area is 198 Å². The summed E-state index contributed by atoms with van der Waals surface area (Å²) in [5.41, 5.74) is -0.407. The second-order valence-corrected chi connectivity index (χ2v) is 8.32. The molecule has 1 fully saturated rings. The summed E-state index contributed by atoms with van der Waals surface area (Å²) in [4.78, 5) is 13.2. The second-order valence-electron chi connectivity index (χ2n) is 8.32. The summed E-state index contributed by atoms with van der Waals surface area (Å²) in [6, 6.07) is 8.76. The number of halogens is 6. The van der Waals surface area contributed by atoms with Crippen LogP contribution < -0.4 is 0 Å². The zero-order chi connectivity index (χ0) is 25.6. The fourth-order valence-corrected chi connectivity index (χ4v) is 3.96. The van der Waals surface area contributed by atoms with Crippen molar-refractivity contribution in [2.24, 2.45) is 5.92 Å². The number of alkyl halides is 6. The van der Waals surface area contributed by atoms with Crippen LogP contribution in [0.25, 0.3) is 5.57 Å². The maximum Gasteiger partial charge on any atom is 0.416 e. The highest BCUT2D eigenvalue weighted by atomic mass is 19.4.